The van der Waals surface area contributed by atoms with Crippen LogP contribution in [0.15, 0.2) is 0 Å². The van der Waals surface area contributed by atoms with Crippen LogP contribution in [0.3, 0.4) is 0 Å². The van der Waals surface area contributed by atoms with Crippen molar-refractivity contribution >= 4 is 13.2 Å². The molecule has 0 unspecified atom stereocenters. The van der Waals surface area contributed by atoms with Crippen LogP contribution in [0.25, 0.3) is 0 Å². The summed E-state index contributed by atoms with van der Waals surface area (Å²) in [7, 11) is 0. The molecule has 0 saturated carbocycles. The van der Waals surface area contributed by atoms with Crippen molar-refractivity contribution < 1.29 is 18.3 Å². The van der Waals surface area contributed by atoms with Gasteiger partial charge >= 0.3 is 31.5 Å². The maximum absolute atomic E-state index is 3.49. The van der Waals surface area contributed by atoms with E-state index in [2.05, 4.69) is 33.9 Å². The first kappa shape index (κ1) is 22.8. The van der Waals surface area contributed by atoms with Gasteiger partial charge in [0.25, 0.3) is 0 Å². The summed E-state index contributed by atoms with van der Waals surface area (Å²) in [4.78, 5) is 0. The Hall–Kier alpha value is 1.19. The first-order valence-corrected chi connectivity index (χ1v) is 7.67. The van der Waals surface area contributed by atoms with Crippen LogP contribution in [0.2, 0.25) is 0 Å². The van der Waals surface area contributed by atoms with Crippen LogP contribution in [0.1, 0.15) is 40.0 Å². The molecule has 0 aliphatic carbocycles. The van der Waals surface area contributed by atoms with E-state index >= 15 is 0 Å². The Bertz CT molecular complexity index is 14.3. The summed E-state index contributed by atoms with van der Waals surface area (Å²) < 4.78 is 0. The standard InChI is InChI=1S/3C3H7.BrH.Ti/c3*1-3-2;;/h3*1,3H2,2H3;1H;/q3*-1;;+4/p-1. The van der Waals surface area contributed by atoms with Crippen molar-refractivity contribution in [2.45, 2.75) is 40.0 Å². The van der Waals surface area contributed by atoms with Crippen LogP contribution in [0.4, 0.5) is 0 Å². The Labute approximate surface area is 92.0 Å². The third-order valence-electron chi connectivity index (χ3n) is 0. The van der Waals surface area contributed by atoms with Gasteiger partial charge in [-0.15, -0.1) is 0 Å². The Kier molecular flexibility index (Phi) is 137. The summed E-state index contributed by atoms with van der Waals surface area (Å²) in [5, 5.41) is 0. The zero-order chi connectivity index (χ0) is 10.1. The van der Waals surface area contributed by atoms with Gasteiger partial charge in [-0.25, -0.2) is 0 Å². The molecular formula is C9H21BrTi. The molecule has 0 fully saturated rings. The maximum atomic E-state index is 3.49. The zero-order valence-corrected chi connectivity index (χ0v) is 11.3. The summed E-state index contributed by atoms with van der Waals surface area (Å²) in [5.41, 5.74) is 0. The molecule has 0 aromatic carbocycles. The van der Waals surface area contributed by atoms with Gasteiger partial charge in [0.05, 0.1) is 0 Å². The van der Waals surface area contributed by atoms with Gasteiger partial charge in [-0.1, -0.05) is 20.8 Å². The van der Waals surface area contributed by atoms with E-state index in [0.29, 0.717) is 0 Å². The fourth-order valence-electron chi connectivity index (χ4n) is 0. The van der Waals surface area contributed by atoms with Crippen LogP contribution in [-0.4, -0.2) is 0 Å². The predicted molar refractivity (Wildman–Crippen MR) is 55.9 cm³/mol. The number of hydrogen-bond acceptors (Lipinski definition) is 0. The average Bonchev–Trinajstić information content (AvgIpc) is 1.96. The molecule has 0 radical (unpaired) electrons. The van der Waals surface area contributed by atoms with E-state index in [1.165, 1.54) is 0 Å². The Morgan fingerprint density at radius 2 is 0.818 bits per heavy atom. The van der Waals surface area contributed by atoms with Gasteiger partial charge in [-0.2, -0.15) is 19.3 Å². The molecule has 0 rings (SSSR count). The third-order valence-corrected chi connectivity index (χ3v) is 0. The normalized spacial score (nSPS) is 5.55. The van der Waals surface area contributed by atoms with Gasteiger partial charge in [0, 0.05) is 0 Å². The summed E-state index contributed by atoms with van der Waals surface area (Å²) in [6, 6.07) is 0. The Morgan fingerprint density at radius 3 is 0.818 bits per heavy atom. The second-order valence-corrected chi connectivity index (χ2v) is 1.50. The van der Waals surface area contributed by atoms with Crippen LogP contribution >= 0.6 is 13.2 Å². The average molecular weight is 257 g/mol. The minimum absolute atomic E-state index is 1.00. The van der Waals surface area contributed by atoms with Crippen molar-refractivity contribution in [3.05, 3.63) is 20.8 Å². The van der Waals surface area contributed by atoms with E-state index in [0.717, 1.165) is 19.3 Å². The van der Waals surface area contributed by atoms with E-state index in [1.807, 2.05) is 39.1 Å². The summed E-state index contributed by atoms with van der Waals surface area (Å²) in [6.07, 6.45) is 3.00. The second-order valence-electron chi connectivity index (χ2n) is 1.50. The van der Waals surface area contributed by atoms with Crippen molar-refractivity contribution in [1.29, 1.82) is 0 Å². The SMILES string of the molecule is [CH2-]CC.[CH2-]CC.[CH2-]CC.[Ti+3][Br]. The molecule has 0 aliphatic rings. The summed E-state index contributed by atoms with van der Waals surface area (Å²) in [6.45, 7) is 16.5. The third kappa shape index (κ3) is 663. The molecule has 0 amide bonds. The molecular weight excluding hydrogens is 236 g/mol. The number of rotatable bonds is 0. The summed E-state index contributed by atoms with van der Waals surface area (Å²) in [5.74, 6) is 0. The molecule has 0 aromatic heterocycles. The van der Waals surface area contributed by atoms with E-state index in [-0.39, 0.29) is 0 Å². The monoisotopic (exact) mass is 256 g/mol. The van der Waals surface area contributed by atoms with Crippen molar-refractivity contribution in [3.63, 3.8) is 0 Å². The predicted octanol–water partition coefficient (Wildman–Crippen LogP) is 4.53. The Morgan fingerprint density at radius 1 is 0.818 bits per heavy atom. The Balaban J connectivity index is -0.0000000301. The van der Waals surface area contributed by atoms with Gasteiger partial charge in [-0.05, 0) is 0 Å². The van der Waals surface area contributed by atoms with Crippen LogP contribution in [0.5, 0.6) is 0 Å². The van der Waals surface area contributed by atoms with Crippen LogP contribution in [-0.2, 0) is 18.3 Å². The first-order valence-electron chi connectivity index (χ1n) is 3.81. The van der Waals surface area contributed by atoms with E-state index < -0.39 is 0 Å². The fraction of sp³-hybridized carbons (Fsp3) is 0.667. The summed E-state index contributed by atoms with van der Waals surface area (Å²) >= 11 is 4.75. The molecule has 0 nitrogen and oxygen atoms in total. The van der Waals surface area contributed by atoms with Gasteiger partial charge in [0.1, 0.15) is 0 Å². The second kappa shape index (κ2) is 66.1. The van der Waals surface area contributed by atoms with Crippen molar-refractivity contribution in [3.8, 4) is 0 Å². The molecule has 0 aliphatic heterocycles. The molecule has 0 spiro atoms. The molecule has 0 saturated heterocycles. The first-order chi connectivity index (χ1) is 5.24. The van der Waals surface area contributed by atoms with Crippen LogP contribution in [0, 0.1) is 20.8 Å². The van der Waals surface area contributed by atoms with E-state index in [9.17, 15) is 0 Å². The van der Waals surface area contributed by atoms with Crippen molar-refractivity contribution in [2.24, 2.45) is 0 Å². The van der Waals surface area contributed by atoms with Crippen molar-refractivity contribution in [1.82, 2.24) is 0 Å². The molecule has 0 heterocycles. The topological polar surface area (TPSA) is 0 Å². The molecule has 68 valence electrons. The molecule has 11 heavy (non-hydrogen) atoms. The molecule has 0 N–H and O–H groups in total. The molecule has 2 heteroatoms. The van der Waals surface area contributed by atoms with Gasteiger partial charge in [-0.3, -0.25) is 0 Å². The van der Waals surface area contributed by atoms with Gasteiger partial charge < -0.3 is 20.8 Å². The van der Waals surface area contributed by atoms with E-state index in [1.54, 1.807) is 0 Å². The fourth-order valence-corrected chi connectivity index (χ4v) is 0. The molecule has 0 bridgehead atoms. The van der Waals surface area contributed by atoms with Crippen molar-refractivity contribution in [2.75, 3.05) is 0 Å². The van der Waals surface area contributed by atoms with E-state index in [4.69, 9.17) is 0 Å². The molecule has 0 atom stereocenters. The van der Waals surface area contributed by atoms with Crippen LogP contribution < -0.4 is 0 Å². The van der Waals surface area contributed by atoms with Gasteiger partial charge in [0.15, 0.2) is 0 Å². The minimum atomic E-state index is 1.00. The number of halogens is 1. The zero-order valence-electron chi connectivity index (χ0n) is 8.12. The quantitative estimate of drug-likeness (QED) is 0.441. The number of hydrogen-bond donors (Lipinski definition) is 0. The van der Waals surface area contributed by atoms with Gasteiger partial charge in [0.2, 0.25) is 0 Å². The molecule has 0 aromatic rings.